The number of aromatic nitrogens is 1. The van der Waals surface area contributed by atoms with Crippen molar-refractivity contribution in [2.75, 3.05) is 18.0 Å². The van der Waals surface area contributed by atoms with Gasteiger partial charge in [0.2, 0.25) is 0 Å². The minimum atomic E-state index is -0.474. The van der Waals surface area contributed by atoms with Gasteiger partial charge in [0.25, 0.3) is 0 Å². The predicted octanol–water partition coefficient (Wildman–Crippen LogP) is 4.88. The van der Waals surface area contributed by atoms with Crippen molar-refractivity contribution < 1.29 is 8.81 Å². The van der Waals surface area contributed by atoms with Crippen molar-refractivity contribution >= 4 is 28.4 Å². The molecule has 0 amide bonds. The fourth-order valence-electron chi connectivity index (χ4n) is 3.35. The van der Waals surface area contributed by atoms with Crippen LogP contribution in [0.25, 0.3) is 11.1 Å². The van der Waals surface area contributed by atoms with Crippen LogP contribution >= 0.6 is 11.6 Å². The molecule has 0 atom stereocenters. The Kier molecular flexibility index (Phi) is 4.06. The van der Waals surface area contributed by atoms with Crippen LogP contribution in [0.4, 0.5) is 10.1 Å². The van der Waals surface area contributed by atoms with E-state index in [1.54, 1.807) is 24.3 Å². The Morgan fingerprint density at radius 1 is 1.24 bits per heavy atom. The standard InChI is InChI=1S/C19H15ClFN3O/c20-13-4-5-18-16(10-13)23-19(25-18)12-6-8-24(9-7-12)17-3-1-2-15(21)14(17)11-22/h1-5,10,12H,6-9H2. The van der Waals surface area contributed by atoms with Crippen molar-refractivity contribution in [2.45, 2.75) is 18.8 Å². The van der Waals surface area contributed by atoms with E-state index in [0.29, 0.717) is 10.7 Å². The minimum absolute atomic E-state index is 0.109. The summed E-state index contributed by atoms with van der Waals surface area (Å²) >= 11 is 6.00. The highest BCUT2D eigenvalue weighted by Crippen LogP contribution is 2.33. The van der Waals surface area contributed by atoms with Gasteiger partial charge in [-0.15, -0.1) is 0 Å². The van der Waals surface area contributed by atoms with Crippen molar-refractivity contribution in [1.29, 1.82) is 5.26 Å². The number of nitrogens with zero attached hydrogens (tertiary/aromatic N) is 3. The van der Waals surface area contributed by atoms with Crippen molar-refractivity contribution in [3.63, 3.8) is 0 Å². The molecule has 0 bridgehead atoms. The molecule has 0 N–H and O–H groups in total. The maximum Gasteiger partial charge on any atom is 0.198 e. The summed E-state index contributed by atoms with van der Waals surface area (Å²) in [6.07, 6.45) is 1.67. The Labute approximate surface area is 149 Å². The summed E-state index contributed by atoms with van der Waals surface area (Å²) in [6.45, 7) is 1.45. The number of fused-ring (bicyclic) bond motifs is 1. The van der Waals surface area contributed by atoms with Crippen LogP contribution in [0.2, 0.25) is 5.02 Å². The molecule has 1 aromatic heterocycles. The van der Waals surface area contributed by atoms with Crippen LogP contribution in [0.3, 0.4) is 0 Å². The fourth-order valence-corrected chi connectivity index (χ4v) is 3.51. The van der Waals surface area contributed by atoms with Gasteiger partial charge in [0, 0.05) is 24.0 Å². The zero-order chi connectivity index (χ0) is 17.4. The molecule has 1 aliphatic heterocycles. The van der Waals surface area contributed by atoms with Crippen molar-refractivity contribution in [1.82, 2.24) is 4.98 Å². The first-order valence-electron chi connectivity index (χ1n) is 8.15. The molecule has 0 radical (unpaired) electrons. The average Bonchev–Trinajstić information content (AvgIpc) is 3.04. The Balaban J connectivity index is 1.53. The molecule has 1 saturated heterocycles. The minimum Gasteiger partial charge on any atom is -0.440 e. The largest absolute Gasteiger partial charge is 0.440 e. The van der Waals surface area contributed by atoms with Gasteiger partial charge >= 0.3 is 0 Å². The van der Waals surface area contributed by atoms with Gasteiger partial charge in [-0.1, -0.05) is 17.7 Å². The summed E-state index contributed by atoms with van der Waals surface area (Å²) in [5.41, 5.74) is 2.27. The molecule has 0 spiro atoms. The highest BCUT2D eigenvalue weighted by atomic mass is 35.5. The van der Waals surface area contributed by atoms with Gasteiger partial charge < -0.3 is 9.32 Å². The monoisotopic (exact) mass is 355 g/mol. The van der Waals surface area contributed by atoms with Crippen LogP contribution in [-0.4, -0.2) is 18.1 Å². The predicted molar refractivity (Wildman–Crippen MR) is 94.3 cm³/mol. The van der Waals surface area contributed by atoms with Crippen molar-refractivity contribution in [2.24, 2.45) is 0 Å². The Bertz CT molecular complexity index is 970. The lowest BCUT2D eigenvalue weighted by Crippen LogP contribution is -2.33. The Morgan fingerprint density at radius 2 is 2.04 bits per heavy atom. The molecule has 2 aromatic carbocycles. The number of hydrogen-bond donors (Lipinski definition) is 0. The number of hydrogen-bond acceptors (Lipinski definition) is 4. The van der Waals surface area contributed by atoms with Gasteiger partial charge in [-0.25, -0.2) is 9.37 Å². The van der Waals surface area contributed by atoms with Crippen LogP contribution in [-0.2, 0) is 0 Å². The van der Waals surface area contributed by atoms with Gasteiger partial charge in [-0.05, 0) is 43.2 Å². The first-order chi connectivity index (χ1) is 12.2. The molecule has 4 nitrogen and oxygen atoms in total. The summed E-state index contributed by atoms with van der Waals surface area (Å²) in [7, 11) is 0. The normalized spacial score (nSPS) is 15.5. The smallest absolute Gasteiger partial charge is 0.198 e. The lowest BCUT2D eigenvalue weighted by molar-refractivity contribution is 0.407. The molecule has 3 aromatic rings. The van der Waals surface area contributed by atoms with Crippen molar-refractivity contribution in [3.8, 4) is 6.07 Å². The van der Waals surface area contributed by atoms with Crippen LogP contribution in [0.1, 0.15) is 30.2 Å². The zero-order valence-electron chi connectivity index (χ0n) is 13.4. The molecule has 0 unspecified atom stereocenters. The van der Waals surface area contributed by atoms with E-state index in [2.05, 4.69) is 9.88 Å². The van der Waals surface area contributed by atoms with Gasteiger partial charge in [0.05, 0.1) is 5.69 Å². The molecule has 1 aliphatic rings. The van der Waals surface area contributed by atoms with E-state index in [1.807, 2.05) is 12.1 Å². The number of benzene rings is 2. The first-order valence-corrected chi connectivity index (χ1v) is 8.53. The van der Waals surface area contributed by atoms with E-state index in [0.717, 1.165) is 42.9 Å². The molecular formula is C19H15ClFN3O. The lowest BCUT2D eigenvalue weighted by Gasteiger charge is -2.32. The Morgan fingerprint density at radius 3 is 2.80 bits per heavy atom. The fraction of sp³-hybridized carbons (Fsp3) is 0.263. The number of rotatable bonds is 2. The molecule has 6 heteroatoms. The van der Waals surface area contributed by atoms with Crippen LogP contribution in [0.5, 0.6) is 0 Å². The molecule has 2 heterocycles. The van der Waals surface area contributed by atoms with E-state index in [-0.39, 0.29) is 11.5 Å². The van der Waals surface area contributed by atoms with Crippen molar-refractivity contribution in [3.05, 3.63) is 58.7 Å². The van der Waals surface area contributed by atoms with Gasteiger partial charge in [0.1, 0.15) is 23.0 Å². The maximum absolute atomic E-state index is 13.8. The molecule has 0 saturated carbocycles. The SMILES string of the molecule is N#Cc1c(F)cccc1N1CCC(c2nc3cc(Cl)ccc3o2)CC1. The second kappa shape index (κ2) is 6.38. The van der Waals surface area contributed by atoms with E-state index in [9.17, 15) is 9.65 Å². The first kappa shape index (κ1) is 15.9. The summed E-state index contributed by atoms with van der Waals surface area (Å²) in [5.74, 6) is 0.455. The van der Waals surface area contributed by atoms with Gasteiger partial charge in [-0.3, -0.25) is 0 Å². The van der Waals surface area contributed by atoms with E-state index in [1.165, 1.54) is 6.07 Å². The lowest BCUT2D eigenvalue weighted by atomic mass is 9.96. The molecule has 4 rings (SSSR count). The van der Waals surface area contributed by atoms with Crippen LogP contribution < -0.4 is 4.90 Å². The number of piperidine rings is 1. The van der Waals surface area contributed by atoms with Crippen LogP contribution in [0.15, 0.2) is 40.8 Å². The third-order valence-corrected chi connectivity index (χ3v) is 4.89. The molecular weight excluding hydrogens is 341 g/mol. The van der Waals surface area contributed by atoms with Crippen LogP contribution in [0, 0.1) is 17.1 Å². The molecule has 25 heavy (non-hydrogen) atoms. The summed E-state index contributed by atoms with van der Waals surface area (Å²) in [4.78, 5) is 6.61. The van der Waals surface area contributed by atoms with Gasteiger partial charge in [-0.2, -0.15) is 5.26 Å². The Hall–Kier alpha value is -2.58. The molecule has 1 fully saturated rings. The summed E-state index contributed by atoms with van der Waals surface area (Å²) in [5, 5.41) is 9.85. The summed E-state index contributed by atoms with van der Waals surface area (Å²) < 4.78 is 19.7. The highest BCUT2D eigenvalue weighted by molar-refractivity contribution is 6.31. The quantitative estimate of drug-likeness (QED) is 0.657. The zero-order valence-corrected chi connectivity index (χ0v) is 14.1. The number of anilines is 1. The number of nitriles is 1. The number of halogens is 2. The topological polar surface area (TPSA) is 53.1 Å². The third kappa shape index (κ3) is 2.94. The second-order valence-corrected chi connectivity index (χ2v) is 6.61. The van der Waals surface area contributed by atoms with E-state index < -0.39 is 5.82 Å². The van der Waals surface area contributed by atoms with E-state index >= 15 is 0 Å². The molecule has 0 aliphatic carbocycles. The van der Waals surface area contributed by atoms with Gasteiger partial charge in [0.15, 0.2) is 11.5 Å². The maximum atomic E-state index is 13.8. The second-order valence-electron chi connectivity index (χ2n) is 6.17. The summed E-state index contributed by atoms with van der Waals surface area (Å²) in [6, 6.07) is 12.1. The third-order valence-electron chi connectivity index (χ3n) is 4.65. The molecule has 126 valence electrons. The van der Waals surface area contributed by atoms with E-state index in [4.69, 9.17) is 16.0 Å². The average molecular weight is 356 g/mol. The highest BCUT2D eigenvalue weighted by Gasteiger charge is 2.26. The number of oxazole rings is 1.